The number of anilines is 1. The molecule has 2 aromatic heterocycles. The van der Waals surface area contributed by atoms with Gasteiger partial charge in [-0.3, -0.25) is 14.4 Å². The maximum Gasteiger partial charge on any atom is 0.225 e. The van der Waals surface area contributed by atoms with Gasteiger partial charge in [0.15, 0.2) is 5.13 Å². The topological polar surface area (TPSA) is 51.0 Å². The third-order valence-electron chi connectivity index (χ3n) is 3.53. The molecule has 0 unspecified atom stereocenters. The van der Waals surface area contributed by atoms with Crippen LogP contribution in [0.3, 0.4) is 0 Å². The van der Waals surface area contributed by atoms with Gasteiger partial charge in [-0.2, -0.15) is 5.10 Å². The van der Waals surface area contributed by atoms with Gasteiger partial charge in [0.1, 0.15) is 0 Å². The van der Waals surface area contributed by atoms with Crippen LogP contribution < -0.4 is 4.90 Å². The minimum Gasteiger partial charge on any atom is -0.286 e. The third-order valence-corrected chi connectivity index (χ3v) is 4.59. The van der Waals surface area contributed by atoms with Crippen LogP contribution in [0.15, 0.2) is 30.3 Å². The van der Waals surface area contributed by atoms with Gasteiger partial charge in [-0.05, 0) is 32.0 Å². The Balaban J connectivity index is 1.83. The summed E-state index contributed by atoms with van der Waals surface area (Å²) in [5, 5.41) is 5.19. The van der Waals surface area contributed by atoms with Gasteiger partial charge in [-0.25, -0.2) is 4.98 Å². The molecule has 1 aromatic carbocycles. The highest BCUT2D eigenvalue weighted by atomic mass is 32.1. The van der Waals surface area contributed by atoms with Gasteiger partial charge in [0.25, 0.3) is 0 Å². The second-order valence-electron chi connectivity index (χ2n) is 5.29. The quantitative estimate of drug-likeness (QED) is 0.743. The van der Waals surface area contributed by atoms with Crippen LogP contribution in [0, 0.1) is 13.8 Å². The van der Waals surface area contributed by atoms with Crippen molar-refractivity contribution in [3.8, 4) is 0 Å². The van der Waals surface area contributed by atoms with Gasteiger partial charge >= 0.3 is 0 Å². The molecule has 0 radical (unpaired) electrons. The fraction of sp³-hybridized carbons (Fsp3) is 0.312. The molecular formula is C16H18N4OS. The summed E-state index contributed by atoms with van der Waals surface area (Å²) in [6.45, 7) is 6.80. The number of thiazole rings is 1. The average molecular weight is 314 g/mol. The van der Waals surface area contributed by atoms with E-state index in [1.165, 1.54) is 0 Å². The number of fused-ring (bicyclic) bond motifs is 1. The molecule has 0 bridgehead atoms. The van der Waals surface area contributed by atoms with Gasteiger partial charge in [-0.15, -0.1) is 0 Å². The standard InChI is InChI=1S/C16H18N4OS/c1-11-10-12(2)20(18-11)9-8-19(13(3)21)16-17-14-6-4-5-7-15(14)22-16/h4-7,10H,8-9H2,1-3H3. The first-order chi connectivity index (χ1) is 10.5. The fourth-order valence-electron chi connectivity index (χ4n) is 2.46. The first-order valence-corrected chi connectivity index (χ1v) is 8.01. The lowest BCUT2D eigenvalue weighted by molar-refractivity contribution is -0.116. The SMILES string of the molecule is CC(=O)N(CCn1nc(C)cc1C)c1nc2ccccc2s1. The number of hydrogen-bond donors (Lipinski definition) is 0. The molecule has 0 spiro atoms. The number of aromatic nitrogens is 3. The van der Waals surface area contributed by atoms with E-state index in [0.29, 0.717) is 13.1 Å². The van der Waals surface area contributed by atoms with E-state index in [9.17, 15) is 4.79 Å². The van der Waals surface area contributed by atoms with Crippen molar-refractivity contribution in [2.24, 2.45) is 0 Å². The normalized spacial score (nSPS) is 11.0. The van der Waals surface area contributed by atoms with E-state index >= 15 is 0 Å². The largest absolute Gasteiger partial charge is 0.286 e. The zero-order valence-electron chi connectivity index (χ0n) is 12.9. The summed E-state index contributed by atoms with van der Waals surface area (Å²) in [5.74, 6) is 0.000544. The maximum absolute atomic E-state index is 12.0. The lowest BCUT2D eigenvalue weighted by Gasteiger charge is -2.18. The molecule has 0 saturated heterocycles. The molecule has 0 aliphatic heterocycles. The van der Waals surface area contributed by atoms with E-state index in [-0.39, 0.29) is 5.91 Å². The van der Waals surface area contributed by atoms with Crippen molar-refractivity contribution in [3.63, 3.8) is 0 Å². The summed E-state index contributed by atoms with van der Waals surface area (Å²) in [6.07, 6.45) is 0. The van der Waals surface area contributed by atoms with E-state index in [4.69, 9.17) is 0 Å². The molecule has 1 amide bonds. The zero-order valence-corrected chi connectivity index (χ0v) is 13.7. The van der Waals surface area contributed by atoms with E-state index in [1.54, 1.807) is 23.2 Å². The molecule has 2 heterocycles. The number of nitrogens with zero attached hydrogens (tertiary/aromatic N) is 4. The molecular weight excluding hydrogens is 296 g/mol. The summed E-state index contributed by atoms with van der Waals surface area (Å²) in [6, 6.07) is 9.97. The highest BCUT2D eigenvalue weighted by Crippen LogP contribution is 2.28. The predicted octanol–water partition coefficient (Wildman–Crippen LogP) is 3.16. The molecule has 0 aliphatic carbocycles. The van der Waals surface area contributed by atoms with Crippen LogP contribution in [0.2, 0.25) is 0 Å². The minimum atomic E-state index is 0.000544. The summed E-state index contributed by atoms with van der Waals surface area (Å²) in [5.41, 5.74) is 3.03. The Morgan fingerprint density at radius 1 is 1.32 bits per heavy atom. The molecule has 22 heavy (non-hydrogen) atoms. The van der Waals surface area contributed by atoms with Crippen LogP contribution >= 0.6 is 11.3 Å². The number of benzene rings is 1. The van der Waals surface area contributed by atoms with Crippen molar-refractivity contribution in [3.05, 3.63) is 41.7 Å². The van der Waals surface area contributed by atoms with Gasteiger partial charge in [-0.1, -0.05) is 23.5 Å². The Morgan fingerprint density at radius 3 is 2.73 bits per heavy atom. The van der Waals surface area contributed by atoms with Gasteiger partial charge in [0.2, 0.25) is 5.91 Å². The smallest absolute Gasteiger partial charge is 0.225 e. The Hall–Kier alpha value is -2.21. The predicted molar refractivity (Wildman–Crippen MR) is 89.3 cm³/mol. The molecule has 6 heteroatoms. The molecule has 114 valence electrons. The van der Waals surface area contributed by atoms with E-state index < -0.39 is 0 Å². The Bertz CT molecular complexity index is 788. The number of aryl methyl sites for hydroxylation is 2. The summed E-state index contributed by atoms with van der Waals surface area (Å²) in [7, 11) is 0. The van der Waals surface area contributed by atoms with Crippen molar-refractivity contribution in [1.29, 1.82) is 0 Å². The first-order valence-electron chi connectivity index (χ1n) is 7.19. The molecule has 3 rings (SSSR count). The lowest BCUT2D eigenvalue weighted by atomic mass is 10.3. The fourth-order valence-corrected chi connectivity index (χ4v) is 3.49. The maximum atomic E-state index is 12.0. The molecule has 0 atom stereocenters. The van der Waals surface area contributed by atoms with Gasteiger partial charge in [0.05, 0.1) is 22.5 Å². The van der Waals surface area contributed by atoms with Crippen molar-refractivity contribution in [2.45, 2.75) is 27.3 Å². The number of hydrogen-bond acceptors (Lipinski definition) is 4. The molecule has 0 fully saturated rings. The number of amides is 1. The average Bonchev–Trinajstić information content (AvgIpc) is 3.02. The zero-order chi connectivity index (χ0) is 15.7. The molecule has 0 N–H and O–H groups in total. The monoisotopic (exact) mass is 314 g/mol. The highest BCUT2D eigenvalue weighted by Gasteiger charge is 2.16. The van der Waals surface area contributed by atoms with Crippen LogP contribution in [0.4, 0.5) is 5.13 Å². The number of carbonyl (C=O) groups is 1. The van der Waals surface area contributed by atoms with E-state index in [2.05, 4.69) is 10.1 Å². The van der Waals surface area contributed by atoms with Crippen molar-refractivity contribution < 1.29 is 4.79 Å². The van der Waals surface area contributed by atoms with Gasteiger partial charge < -0.3 is 0 Å². The van der Waals surface area contributed by atoms with Crippen molar-refractivity contribution in [1.82, 2.24) is 14.8 Å². The Morgan fingerprint density at radius 2 is 2.09 bits per heavy atom. The van der Waals surface area contributed by atoms with Crippen LogP contribution in [-0.4, -0.2) is 27.2 Å². The van der Waals surface area contributed by atoms with Crippen LogP contribution in [0.1, 0.15) is 18.3 Å². The second-order valence-corrected chi connectivity index (χ2v) is 6.29. The third kappa shape index (κ3) is 2.87. The number of rotatable bonds is 4. The van der Waals surface area contributed by atoms with Crippen molar-refractivity contribution in [2.75, 3.05) is 11.4 Å². The molecule has 5 nitrogen and oxygen atoms in total. The lowest BCUT2D eigenvalue weighted by Crippen LogP contribution is -2.32. The molecule has 3 aromatic rings. The summed E-state index contributed by atoms with van der Waals surface area (Å²) in [4.78, 5) is 18.3. The number of para-hydroxylation sites is 1. The Labute approximate surface area is 133 Å². The van der Waals surface area contributed by atoms with E-state index in [0.717, 1.165) is 26.7 Å². The van der Waals surface area contributed by atoms with Crippen molar-refractivity contribution >= 4 is 32.6 Å². The number of carbonyl (C=O) groups excluding carboxylic acids is 1. The molecule has 0 aliphatic rings. The van der Waals surface area contributed by atoms with Gasteiger partial charge in [0, 0.05) is 19.2 Å². The van der Waals surface area contributed by atoms with Crippen LogP contribution in [0.5, 0.6) is 0 Å². The summed E-state index contributed by atoms with van der Waals surface area (Å²) >= 11 is 1.54. The van der Waals surface area contributed by atoms with Crippen LogP contribution in [-0.2, 0) is 11.3 Å². The van der Waals surface area contributed by atoms with Crippen LogP contribution in [0.25, 0.3) is 10.2 Å². The first kappa shape index (κ1) is 14.7. The van der Waals surface area contributed by atoms with E-state index in [1.807, 2.05) is 48.9 Å². The second kappa shape index (κ2) is 5.88. The highest BCUT2D eigenvalue weighted by molar-refractivity contribution is 7.22. The summed E-state index contributed by atoms with van der Waals surface area (Å²) < 4.78 is 3.02. The minimum absolute atomic E-state index is 0.000544. The molecule has 0 saturated carbocycles. The Kier molecular flexibility index (Phi) is 3.94.